The summed E-state index contributed by atoms with van der Waals surface area (Å²) in [6.45, 7) is 2.69. The number of benzene rings is 2. The lowest BCUT2D eigenvalue weighted by molar-refractivity contribution is 0.341. The molecule has 0 atom stereocenters. The summed E-state index contributed by atoms with van der Waals surface area (Å²) >= 11 is 3.49. The van der Waals surface area contributed by atoms with Crippen LogP contribution in [0.1, 0.15) is 12.5 Å². The number of hydrogen-bond donors (Lipinski definition) is 0. The zero-order chi connectivity index (χ0) is 15.2. The summed E-state index contributed by atoms with van der Waals surface area (Å²) in [5.74, 6) is 1.84. The van der Waals surface area contributed by atoms with Gasteiger partial charge in [0.2, 0.25) is 0 Å². The van der Waals surface area contributed by atoms with E-state index >= 15 is 0 Å². The van der Waals surface area contributed by atoms with Gasteiger partial charge in [0.1, 0.15) is 5.75 Å². The van der Waals surface area contributed by atoms with Crippen molar-refractivity contribution in [2.45, 2.75) is 11.3 Å². The highest BCUT2D eigenvalue weighted by Gasteiger charge is 2.05. The molecule has 22 heavy (non-hydrogen) atoms. The van der Waals surface area contributed by atoms with Crippen LogP contribution in [0.15, 0.2) is 58.9 Å². The Hall–Kier alpha value is -1.78. The molecule has 0 saturated heterocycles. The van der Waals surface area contributed by atoms with Crippen molar-refractivity contribution in [1.82, 2.24) is 4.98 Å². The van der Waals surface area contributed by atoms with Crippen molar-refractivity contribution in [1.29, 1.82) is 0 Å². The van der Waals surface area contributed by atoms with Crippen molar-refractivity contribution in [3.63, 3.8) is 0 Å². The van der Waals surface area contributed by atoms with Gasteiger partial charge in [0, 0.05) is 5.75 Å². The Morgan fingerprint density at radius 1 is 1.18 bits per heavy atom. The minimum absolute atomic E-state index is 0.691. The molecule has 0 unspecified atom stereocenters. The van der Waals surface area contributed by atoms with Crippen LogP contribution in [0.5, 0.6) is 5.75 Å². The zero-order valence-corrected chi connectivity index (χ0v) is 14.0. The minimum Gasteiger partial charge on any atom is -0.494 e. The molecule has 0 aliphatic rings. The summed E-state index contributed by atoms with van der Waals surface area (Å²) in [5.41, 5.74) is 2.27. The third-order valence-corrected chi connectivity index (χ3v) is 5.18. The van der Waals surface area contributed by atoms with Crippen molar-refractivity contribution in [2.24, 2.45) is 0 Å². The van der Waals surface area contributed by atoms with Crippen molar-refractivity contribution < 1.29 is 4.74 Å². The fourth-order valence-corrected chi connectivity index (χ4v) is 4.00. The molecule has 3 rings (SSSR count). The van der Waals surface area contributed by atoms with Gasteiger partial charge in [0.25, 0.3) is 0 Å². The molecule has 0 spiro atoms. The maximum atomic E-state index is 5.53. The van der Waals surface area contributed by atoms with Gasteiger partial charge in [-0.05, 0) is 30.7 Å². The molecule has 1 aromatic heterocycles. The van der Waals surface area contributed by atoms with Gasteiger partial charge in [-0.1, -0.05) is 54.2 Å². The highest BCUT2D eigenvalue weighted by atomic mass is 32.2. The summed E-state index contributed by atoms with van der Waals surface area (Å²) in [6, 6.07) is 16.4. The molecule has 4 heteroatoms. The van der Waals surface area contributed by atoms with E-state index in [9.17, 15) is 0 Å². The van der Waals surface area contributed by atoms with E-state index in [1.807, 2.05) is 25.1 Å². The molecular formula is C18H17NOS2. The highest BCUT2D eigenvalue weighted by Crippen LogP contribution is 2.31. The summed E-state index contributed by atoms with van der Waals surface area (Å²) in [5, 5.41) is 0. The number of thiazole rings is 1. The third kappa shape index (κ3) is 3.90. The van der Waals surface area contributed by atoms with Crippen molar-refractivity contribution in [3.8, 4) is 5.75 Å². The lowest BCUT2D eigenvalue weighted by atomic mass is 10.2. The van der Waals surface area contributed by atoms with E-state index in [1.54, 1.807) is 23.1 Å². The SMILES string of the molecule is CCOc1ccc2nc(SCC=Cc3ccccc3)sc2c1. The van der Waals surface area contributed by atoms with Gasteiger partial charge >= 0.3 is 0 Å². The number of fused-ring (bicyclic) bond motifs is 1. The van der Waals surface area contributed by atoms with Crippen LogP contribution in [0.3, 0.4) is 0 Å². The Bertz CT molecular complexity index is 765. The quantitative estimate of drug-likeness (QED) is 0.558. The van der Waals surface area contributed by atoms with E-state index in [1.165, 1.54) is 10.3 Å². The molecule has 0 radical (unpaired) electrons. The Kier molecular flexibility index (Phi) is 5.14. The fraction of sp³-hybridized carbons (Fsp3) is 0.167. The average Bonchev–Trinajstić information content (AvgIpc) is 2.95. The summed E-state index contributed by atoms with van der Waals surface area (Å²) < 4.78 is 7.81. The van der Waals surface area contributed by atoms with Crippen molar-refractivity contribution >= 4 is 39.4 Å². The fourth-order valence-electron chi connectivity index (χ4n) is 2.07. The topological polar surface area (TPSA) is 22.1 Å². The van der Waals surface area contributed by atoms with Crippen LogP contribution in [0.2, 0.25) is 0 Å². The van der Waals surface area contributed by atoms with E-state index in [0.717, 1.165) is 21.4 Å². The molecule has 0 fully saturated rings. The maximum absolute atomic E-state index is 5.53. The molecule has 2 nitrogen and oxygen atoms in total. The first-order valence-electron chi connectivity index (χ1n) is 7.23. The summed E-state index contributed by atoms with van der Waals surface area (Å²) in [4.78, 5) is 4.65. The molecule has 1 heterocycles. The van der Waals surface area contributed by atoms with Gasteiger partial charge in [-0.3, -0.25) is 0 Å². The summed E-state index contributed by atoms with van der Waals surface area (Å²) in [6.07, 6.45) is 4.32. The van der Waals surface area contributed by atoms with Crippen LogP contribution in [-0.4, -0.2) is 17.3 Å². The Labute approximate surface area is 138 Å². The third-order valence-electron chi connectivity index (χ3n) is 3.06. The van der Waals surface area contributed by atoms with Gasteiger partial charge < -0.3 is 4.74 Å². The predicted octanol–water partition coefficient (Wildman–Crippen LogP) is 5.50. The smallest absolute Gasteiger partial charge is 0.151 e. The van der Waals surface area contributed by atoms with Gasteiger partial charge in [-0.15, -0.1) is 11.3 Å². The first-order chi connectivity index (χ1) is 10.8. The molecule has 0 aliphatic heterocycles. The Balaban J connectivity index is 1.63. The second-order valence-electron chi connectivity index (χ2n) is 4.67. The van der Waals surface area contributed by atoms with Gasteiger partial charge in [-0.25, -0.2) is 4.98 Å². The molecular weight excluding hydrogens is 310 g/mol. The Morgan fingerprint density at radius 3 is 2.86 bits per heavy atom. The van der Waals surface area contributed by atoms with Crippen LogP contribution in [0.25, 0.3) is 16.3 Å². The minimum atomic E-state index is 0.691. The number of rotatable bonds is 6. The monoisotopic (exact) mass is 327 g/mol. The van der Waals surface area contributed by atoms with Crippen LogP contribution in [0.4, 0.5) is 0 Å². The average molecular weight is 327 g/mol. The number of aromatic nitrogens is 1. The Morgan fingerprint density at radius 2 is 2.05 bits per heavy atom. The normalized spacial score (nSPS) is 11.3. The van der Waals surface area contributed by atoms with Gasteiger partial charge in [0.05, 0.1) is 16.8 Å². The molecule has 0 aliphatic carbocycles. The largest absolute Gasteiger partial charge is 0.494 e. The molecule has 112 valence electrons. The molecule has 3 aromatic rings. The standard InChI is InChI=1S/C18H17NOS2/c1-2-20-15-10-11-16-17(13-15)22-18(19-16)21-12-6-9-14-7-4-3-5-8-14/h3-11,13H,2,12H2,1H3. The second kappa shape index (κ2) is 7.47. The predicted molar refractivity (Wildman–Crippen MR) is 97.0 cm³/mol. The lowest BCUT2D eigenvalue weighted by Gasteiger charge is -2.00. The first-order valence-corrected chi connectivity index (χ1v) is 9.03. The van der Waals surface area contributed by atoms with Crippen LogP contribution >= 0.6 is 23.1 Å². The van der Waals surface area contributed by atoms with E-state index in [0.29, 0.717) is 6.61 Å². The highest BCUT2D eigenvalue weighted by molar-refractivity contribution is 8.01. The number of hydrogen-bond acceptors (Lipinski definition) is 4. The lowest BCUT2D eigenvalue weighted by Crippen LogP contribution is -1.89. The van der Waals surface area contributed by atoms with Gasteiger partial charge in [0.15, 0.2) is 4.34 Å². The van der Waals surface area contributed by atoms with Crippen molar-refractivity contribution in [3.05, 3.63) is 60.2 Å². The van der Waals surface area contributed by atoms with E-state index in [-0.39, 0.29) is 0 Å². The molecule has 0 bridgehead atoms. The molecule has 0 amide bonds. The van der Waals surface area contributed by atoms with E-state index in [4.69, 9.17) is 4.74 Å². The summed E-state index contributed by atoms with van der Waals surface area (Å²) in [7, 11) is 0. The van der Waals surface area contributed by atoms with Crippen LogP contribution < -0.4 is 4.74 Å². The number of nitrogens with zero attached hydrogens (tertiary/aromatic N) is 1. The van der Waals surface area contributed by atoms with Crippen LogP contribution in [-0.2, 0) is 0 Å². The molecule has 2 aromatic carbocycles. The van der Waals surface area contributed by atoms with Crippen LogP contribution in [0, 0.1) is 0 Å². The number of thioether (sulfide) groups is 1. The van der Waals surface area contributed by atoms with E-state index in [2.05, 4.69) is 47.5 Å². The second-order valence-corrected chi connectivity index (χ2v) is 6.96. The first kappa shape index (κ1) is 15.1. The number of ether oxygens (including phenoxy) is 1. The molecule has 0 N–H and O–H groups in total. The zero-order valence-electron chi connectivity index (χ0n) is 12.4. The van der Waals surface area contributed by atoms with Crippen molar-refractivity contribution in [2.75, 3.05) is 12.4 Å². The van der Waals surface area contributed by atoms with Gasteiger partial charge in [-0.2, -0.15) is 0 Å². The molecule has 0 saturated carbocycles. The van der Waals surface area contributed by atoms with E-state index < -0.39 is 0 Å². The maximum Gasteiger partial charge on any atom is 0.151 e.